The van der Waals surface area contributed by atoms with Crippen molar-refractivity contribution in [3.63, 3.8) is 0 Å². The quantitative estimate of drug-likeness (QED) is 0.635. The Balaban J connectivity index is 2.60. The molecule has 0 aliphatic carbocycles. The smallest absolute Gasteiger partial charge is 0.0100 e. The lowest BCUT2D eigenvalue weighted by atomic mass is 9.81. The maximum absolute atomic E-state index is 2.66. The average Bonchev–Trinajstić information content (AvgIpc) is 2.03. The van der Waals surface area contributed by atoms with E-state index in [0.29, 0.717) is 0 Å². The molecule has 0 aromatic rings. The van der Waals surface area contributed by atoms with Gasteiger partial charge < -0.3 is 0 Å². The van der Waals surface area contributed by atoms with E-state index in [1.807, 2.05) is 0 Å². The molecule has 13 heavy (non-hydrogen) atoms. The molecular weight excluding hydrogens is 158 g/mol. The molecule has 0 amide bonds. The zero-order valence-electron chi connectivity index (χ0n) is 9.88. The lowest BCUT2D eigenvalue weighted by molar-refractivity contribution is 0.0543. The van der Waals surface area contributed by atoms with Crippen LogP contribution in [-0.4, -0.2) is 23.5 Å². The van der Waals surface area contributed by atoms with Gasteiger partial charge in [-0.15, -0.1) is 0 Å². The molecule has 1 heterocycles. The highest BCUT2D eigenvalue weighted by Gasteiger charge is 2.30. The Morgan fingerprint density at radius 3 is 2.23 bits per heavy atom. The second kappa shape index (κ2) is 4.45. The molecular formula is C12H25N. The van der Waals surface area contributed by atoms with Gasteiger partial charge in [0.1, 0.15) is 0 Å². The Kier molecular flexibility index (Phi) is 3.78. The minimum absolute atomic E-state index is 0.719. The molecule has 1 heteroatoms. The van der Waals surface area contributed by atoms with Crippen LogP contribution in [-0.2, 0) is 0 Å². The van der Waals surface area contributed by atoms with Crippen molar-refractivity contribution >= 4 is 0 Å². The second-order valence-electron chi connectivity index (χ2n) is 5.12. The highest BCUT2D eigenvalue weighted by molar-refractivity contribution is 4.84. The maximum atomic E-state index is 2.66. The molecule has 1 unspecified atom stereocenters. The van der Waals surface area contributed by atoms with Crippen LogP contribution in [0.4, 0.5) is 0 Å². The van der Waals surface area contributed by atoms with Gasteiger partial charge in [-0.1, -0.05) is 13.8 Å². The fraction of sp³-hybridized carbons (Fsp3) is 1.00. The van der Waals surface area contributed by atoms with Crippen molar-refractivity contribution in [1.29, 1.82) is 0 Å². The number of hydrogen-bond donors (Lipinski definition) is 0. The van der Waals surface area contributed by atoms with Crippen molar-refractivity contribution < 1.29 is 0 Å². The third kappa shape index (κ3) is 2.46. The predicted molar refractivity (Wildman–Crippen MR) is 58.9 cm³/mol. The first-order valence-electron chi connectivity index (χ1n) is 5.79. The predicted octanol–water partition coefficient (Wildman–Crippen LogP) is 3.15. The van der Waals surface area contributed by atoms with E-state index in [1.165, 1.54) is 19.4 Å². The fourth-order valence-electron chi connectivity index (χ4n) is 2.82. The molecule has 1 nitrogen and oxygen atoms in total. The zero-order chi connectivity index (χ0) is 10.0. The Hall–Kier alpha value is -0.0400. The largest absolute Gasteiger partial charge is 0.298 e. The van der Waals surface area contributed by atoms with Gasteiger partial charge in [0.2, 0.25) is 0 Å². The van der Waals surface area contributed by atoms with Gasteiger partial charge in [0, 0.05) is 12.1 Å². The van der Waals surface area contributed by atoms with Crippen molar-refractivity contribution in [3.05, 3.63) is 0 Å². The molecule has 0 bridgehead atoms. The fourth-order valence-corrected chi connectivity index (χ4v) is 2.82. The van der Waals surface area contributed by atoms with Crippen molar-refractivity contribution in [2.75, 3.05) is 6.54 Å². The summed E-state index contributed by atoms with van der Waals surface area (Å²) in [7, 11) is 0. The molecule has 1 aliphatic rings. The summed E-state index contributed by atoms with van der Waals surface area (Å²) in [5.74, 6) is 1.76. The van der Waals surface area contributed by atoms with Gasteiger partial charge in [-0.2, -0.15) is 0 Å². The molecule has 1 rings (SSSR count). The minimum atomic E-state index is 0.719. The van der Waals surface area contributed by atoms with E-state index in [9.17, 15) is 0 Å². The normalized spacial score (nSPS) is 31.6. The maximum Gasteiger partial charge on any atom is 0.0100 e. The SMILES string of the molecule is CC(C)C1CCCN(C(C)C)[C@H]1C. The molecule has 0 aromatic carbocycles. The van der Waals surface area contributed by atoms with Crippen LogP contribution in [0, 0.1) is 11.8 Å². The van der Waals surface area contributed by atoms with Gasteiger partial charge in [-0.3, -0.25) is 4.90 Å². The highest BCUT2D eigenvalue weighted by Crippen LogP contribution is 2.30. The lowest BCUT2D eigenvalue weighted by Gasteiger charge is -2.43. The van der Waals surface area contributed by atoms with Crippen molar-refractivity contribution in [2.45, 2.75) is 59.5 Å². The topological polar surface area (TPSA) is 3.24 Å². The summed E-state index contributed by atoms with van der Waals surface area (Å²) in [4.78, 5) is 2.66. The minimum Gasteiger partial charge on any atom is -0.298 e. The number of rotatable bonds is 2. The standard InChI is InChI=1S/C12H25N/c1-9(2)12-7-6-8-13(10(3)4)11(12)5/h9-12H,6-8H2,1-5H3/t11-,12?/m0/s1. The number of piperidine rings is 1. The number of likely N-dealkylation sites (tertiary alicyclic amines) is 1. The van der Waals surface area contributed by atoms with Crippen molar-refractivity contribution in [3.8, 4) is 0 Å². The molecule has 0 spiro atoms. The average molecular weight is 183 g/mol. The van der Waals surface area contributed by atoms with Crippen LogP contribution in [0.5, 0.6) is 0 Å². The summed E-state index contributed by atoms with van der Waals surface area (Å²) in [6.45, 7) is 13.1. The summed E-state index contributed by atoms with van der Waals surface area (Å²) in [5.41, 5.74) is 0. The van der Waals surface area contributed by atoms with Crippen LogP contribution in [0.2, 0.25) is 0 Å². The van der Waals surface area contributed by atoms with Crippen LogP contribution in [0.3, 0.4) is 0 Å². The molecule has 0 N–H and O–H groups in total. The van der Waals surface area contributed by atoms with Gasteiger partial charge in [0.05, 0.1) is 0 Å². The molecule has 1 fully saturated rings. The van der Waals surface area contributed by atoms with Crippen LogP contribution < -0.4 is 0 Å². The highest BCUT2D eigenvalue weighted by atomic mass is 15.2. The van der Waals surface area contributed by atoms with Gasteiger partial charge in [0.25, 0.3) is 0 Å². The third-order valence-corrected chi connectivity index (χ3v) is 3.62. The van der Waals surface area contributed by atoms with Crippen molar-refractivity contribution in [1.82, 2.24) is 4.90 Å². The molecule has 1 saturated heterocycles. The first-order valence-corrected chi connectivity index (χ1v) is 5.79. The van der Waals surface area contributed by atoms with Gasteiger partial charge >= 0.3 is 0 Å². The molecule has 0 saturated carbocycles. The van der Waals surface area contributed by atoms with E-state index in [0.717, 1.165) is 23.9 Å². The molecule has 0 radical (unpaired) electrons. The summed E-state index contributed by atoms with van der Waals surface area (Å²) >= 11 is 0. The van der Waals surface area contributed by atoms with E-state index in [1.54, 1.807) is 0 Å². The van der Waals surface area contributed by atoms with E-state index >= 15 is 0 Å². The molecule has 2 atom stereocenters. The summed E-state index contributed by atoms with van der Waals surface area (Å²) in [6.07, 6.45) is 2.83. The molecule has 78 valence electrons. The Morgan fingerprint density at radius 1 is 1.15 bits per heavy atom. The first-order chi connectivity index (χ1) is 6.04. The van der Waals surface area contributed by atoms with Gasteiger partial charge in [-0.05, 0) is 52.0 Å². The van der Waals surface area contributed by atoms with E-state index in [-0.39, 0.29) is 0 Å². The van der Waals surface area contributed by atoms with Gasteiger partial charge in [0.15, 0.2) is 0 Å². The van der Waals surface area contributed by atoms with Gasteiger partial charge in [-0.25, -0.2) is 0 Å². The summed E-state index contributed by atoms with van der Waals surface area (Å²) in [6, 6.07) is 1.50. The number of hydrogen-bond acceptors (Lipinski definition) is 1. The van der Waals surface area contributed by atoms with Crippen LogP contribution in [0.25, 0.3) is 0 Å². The third-order valence-electron chi connectivity index (χ3n) is 3.62. The summed E-state index contributed by atoms with van der Waals surface area (Å²) < 4.78 is 0. The monoisotopic (exact) mass is 183 g/mol. The Labute approximate surface area is 83.5 Å². The zero-order valence-corrected chi connectivity index (χ0v) is 9.88. The first kappa shape index (κ1) is 11.0. The Bertz CT molecular complexity index is 135. The second-order valence-corrected chi connectivity index (χ2v) is 5.12. The van der Waals surface area contributed by atoms with Crippen molar-refractivity contribution in [2.24, 2.45) is 11.8 Å². The summed E-state index contributed by atoms with van der Waals surface area (Å²) in [5, 5.41) is 0. The molecule has 0 aromatic heterocycles. The van der Waals surface area contributed by atoms with E-state index < -0.39 is 0 Å². The number of nitrogens with zero attached hydrogens (tertiary/aromatic N) is 1. The Morgan fingerprint density at radius 2 is 1.77 bits per heavy atom. The van der Waals surface area contributed by atoms with Crippen LogP contribution >= 0.6 is 0 Å². The van der Waals surface area contributed by atoms with Crippen LogP contribution in [0.15, 0.2) is 0 Å². The van der Waals surface area contributed by atoms with Crippen LogP contribution in [0.1, 0.15) is 47.5 Å². The van der Waals surface area contributed by atoms with E-state index in [2.05, 4.69) is 39.5 Å². The lowest BCUT2D eigenvalue weighted by Crippen LogP contribution is -2.48. The molecule has 1 aliphatic heterocycles. The van der Waals surface area contributed by atoms with E-state index in [4.69, 9.17) is 0 Å².